The van der Waals surface area contributed by atoms with Crippen LogP contribution in [0.4, 0.5) is 5.69 Å². The van der Waals surface area contributed by atoms with Crippen molar-refractivity contribution >= 4 is 46.6 Å². The van der Waals surface area contributed by atoms with Gasteiger partial charge in [-0.1, -0.05) is 47.5 Å². The monoisotopic (exact) mass is 380 g/mol. The van der Waals surface area contributed by atoms with Crippen molar-refractivity contribution in [2.45, 2.75) is 4.90 Å². The van der Waals surface area contributed by atoms with Crippen molar-refractivity contribution < 1.29 is 4.79 Å². The Balaban J connectivity index is 1.52. The third kappa shape index (κ3) is 4.18. The number of hydrogen-bond acceptors (Lipinski definition) is 3. The van der Waals surface area contributed by atoms with E-state index in [2.05, 4.69) is 4.90 Å². The van der Waals surface area contributed by atoms with E-state index in [1.807, 2.05) is 53.4 Å². The summed E-state index contributed by atoms with van der Waals surface area (Å²) in [4.78, 5) is 17.5. The van der Waals surface area contributed by atoms with Crippen LogP contribution in [-0.4, -0.2) is 42.7 Å². The summed E-state index contributed by atoms with van der Waals surface area (Å²) in [7, 11) is 0. The van der Waals surface area contributed by atoms with Gasteiger partial charge in [0.05, 0.1) is 21.5 Å². The van der Waals surface area contributed by atoms with Crippen LogP contribution in [0.5, 0.6) is 0 Å². The largest absolute Gasteiger partial charge is 0.367 e. The van der Waals surface area contributed by atoms with Crippen LogP contribution in [0.25, 0.3) is 0 Å². The fourth-order valence-electron chi connectivity index (χ4n) is 2.70. The molecule has 2 aromatic rings. The maximum atomic E-state index is 12.4. The first-order valence-corrected chi connectivity index (χ1v) is 9.54. The summed E-state index contributed by atoms with van der Waals surface area (Å²) >= 11 is 13.9. The maximum absolute atomic E-state index is 12.4. The topological polar surface area (TPSA) is 23.6 Å². The van der Waals surface area contributed by atoms with Crippen molar-refractivity contribution in [3.8, 4) is 0 Å². The Morgan fingerprint density at radius 2 is 1.54 bits per heavy atom. The minimum absolute atomic E-state index is 0.152. The number of rotatable bonds is 4. The second-order valence-electron chi connectivity index (χ2n) is 5.54. The molecule has 1 amide bonds. The van der Waals surface area contributed by atoms with Crippen LogP contribution < -0.4 is 4.90 Å². The molecule has 2 aromatic carbocycles. The Kier molecular flexibility index (Phi) is 5.93. The van der Waals surface area contributed by atoms with Gasteiger partial charge in [-0.05, 0) is 24.3 Å². The fourth-order valence-corrected chi connectivity index (χ4v) is 4.09. The summed E-state index contributed by atoms with van der Waals surface area (Å²) in [6.45, 7) is 3.03. The molecule has 1 aliphatic rings. The van der Waals surface area contributed by atoms with Gasteiger partial charge in [0.1, 0.15) is 0 Å². The number of anilines is 1. The predicted molar refractivity (Wildman–Crippen MR) is 102 cm³/mol. The van der Waals surface area contributed by atoms with Gasteiger partial charge in [-0.25, -0.2) is 0 Å². The highest BCUT2D eigenvalue weighted by Crippen LogP contribution is 2.28. The van der Waals surface area contributed by atoms with Gasteiger partial charge in [-0.3, -0.25) is 4.79 Å². The minimum Gasteiger partial charge on any atom is -0.367 e. The molecule has 126 valence electrons. The average Bonchev–Trinajstić information content (AvgIpc) is 2.61. The number of carbonyl (C=O) groups is 1. The lowest BCUT2D eigenvalue weighted by Gasteiger charge is -2.36. The smallest absolute Gasteiger partial charge is 0.233 e. The van der Waals surface area contributed by atoms with E-state index in [9.17, 15) is 4.79 Å². The van der Waals surface area contributed by atoms with Crippen LogP contribution in [0.15, 0.2) is 53.4 Å². The molecule has 0 unspecified atom stereocenters. The molecular weight excluding hydrogens is 363 g/mol. The third-order valence-corrected chi connectivity index (χ3v) is 5.83. The maximum Gasteiger partial charge on any atom is 0.233 e. The summed E-state index contributed by atoms with van der Waals surface area (Å²) in [5.74, 6) is 0.564. The van der Waals surface area contributed by atoms with Crippen molar-refractivity contribution in [1.29, 1.82) is 0 Å². The van der Waals surface area contributed by atoms with Crippen LogP contribution in [0.3, 0.4) is 0 Å². The second kappa shape index (κ2) is 8.15. The van der Waals surface area contributed by atoms with Crippen LogP contribution in [0.1, 0.15) is 0 Å². The predicted octanol–water partition coefficient (Wildman–Crippen LogP) is 4.43. The molecule has 24 heavy (non-hydrogen) atoms. The fraction of sp³-hybridized carbons (Fsp3) is 0.278. The van der Waals surface area contributed by atoms with Gasteiger partial charge in [-0.2, -0.15) is 0 Å². The molecule has 0 bridgehead atoms. The van der Waals surface area contributed by atoms with Crippen LogP contribution in [0.2, 0.25) is 10.0 Å². The van der Waals surface area contributed by atoms with Gasteiger partial charge >= 0.3 is 0 Å². The van der Waals surface area contributed by atoms with E-state index in [-0.39, 0.29) is 5.91 Å². The van der Waals surface area contributed by atoms with Gasteiger partial charge in [0.15, 0.2) is 0 Å². The number of piperazine rings is 1. The molecule has 0 saturated carbocycles. The first-order chi connectivity index (χ1) is 11.6. The zero-order valence-electron chi connectivity index (χ0n) is 13.1. The van der Waals surface area contributed by atoms with Crippen LogP contribution >= 0.6 is 35.0 Å². The molecule has 0 aliphatic carbocycles. The van der Waals surface area contributed by atoms with E-state index >= 15 is 0 Å². The van der Waals surface area contributed by atoms with Crippen molar-refractivity contribution in [2.75, 3.05) is 36.8 Å². The molecule has 0 atom stereocenters. The number of para-hydroxylation sites is 1. The van der Waals surface area contributed by atoms with Gasteiger partial charge in [-0.15, -0.1) is 11.8 Å². The van der Waals surface area contributed by atoms with Crippen LogP contribution in [0, 0.1) is 0 Å². The third-order valence-electron chi connectivity index (χ3n) is 4.01. The van der Waals surface area contributed by atoms with Crippen LogP contribution in [-0.2, 0) is 4.79 Å². The average molecular weight is 381 g/mol. The summed E-state index contributed by atoms with van der Waals surface area (Å²) < 4.78 is 0. The number of nitrogens with zero attached hydrogens (tertiary/aromatic N) is 2. The quantitative estimate of drug-likeness (QED) is 0.732. The molecule has 0 N–H and O–H groups in total. The Bertz CT molecular complexity index is 718. The lowest BCUT2D eigenvalue weighted by Crippen LogP contribution is -2.49. The first-order valence-electron chi connectivity index (χ1n) is 7.80. The van der Waals surface area contributed by atoms with Gasteiger partial charge in [0.25, 0.3) is 0 Å². The first kappa shape index (κ1) is 17.5. The number of thioether (sulfide) groups is 1. The van der Waals surface area contributed by atoms with Gasteiger partial charge in [0, 0.05) is 31.1 Å². The zero-order valence-corrected chi connectivity index (χ0v) is 15.4. The Morgan fingerprint density at radius 1 is 0.917 bits per heavy atom. The summed E-state index contributed by atoms with van der Waals surface area (Å²) in [6, 6.07) is 15.4. The molecule has 1 fully saturated rings. The van der Waals surface area contributed by atoms with E-state index in [0.717, 1.165) is 28.7 Å². The Labute approximate surface area is 156 Å². The lowest BCUT2D eigenvalue weighted by atomic mass is 10.2. The molecule has 0 radical (unpaired) electrons. The molecule has 1 heterocycles. The van der Waals surface area contributed by atoms with Gasteiger partial charge < -0.3 is 9.80 Å². The van der Waals surface area contributed by atoms with E-state index in [1.165, 1.54) is 11.8 Å². The summed E-state index contributed by atoms with van der Waals surface area (Å²) in [5.41, 5.74) is 1.04. The normalized spacial score (nSPS) is 14.8. The molecule has 1 saturated heterocycles. The van der Waals surface area contributed by atoms with Crippen molar-refractivity contribution in [1.82, 2.24) is 4.90 Å². The number of benzene rings is 2. The molecule has 3 nitrogen and oxygen atoms in total. The number of hydrogen-bond donors (Lipinski definition) is 0. The molecule has 6 heteroatoms. The van der Waals surface area contributed by atoms with E-state index in [4.69, 9.17) is 23.2 Å². The van der Waals surface area contributed by atoms with E-state index < -0.39 is 0 Å². The Morgan fingerprint density at radius 3 is 2.21 bits per heavy atom. The number of halogens is 2. The highest BCUT2D eigenvalue weighted by atomic mass is 35.5. The van der Waals surface area contributed by atoms with Crippen molar-refractivity contribution in [3.05, 3.63) is 58.6 Å². The molecule has 0 spiro atoms. The van der Waals surface area contributed by atoms with E-state index in [0.29, 0.717) is 23.9 Å². The highest BCUT2D eigenvalue weighted by Gasteiger charge is 2.22. The summed E-state index contributed by atoms with van der Waals surface area (Å²) in [5, 5.41) is 1.45. The molecule has 3 rings (SSSR count). The summed E-state index contributed by atoms with van der Waals surface area (Å²) in [6.07, 6.45) is 0. The standard InChI is InChI=1S/C18H18Cl2N2OS/c19-14-5-1-3-7-16(14)21-9-11-22(12-10-21)18(23)13-24-17-8-4-2-6-15(17)20/h1-8H,9-13H2. The number of amides is 1. The molecular formula is C18H18Cl2N2OS. The zero-order chi connectivity index (χ0) is 16.9. The Hall–Kier alpha value is -1.36. The molecule has 1 aliphatic heterocycles. The lowest BCUT2D eigenvalue weighted by molar-refractivity contribution is -0.128. The van der Waals surface area contributed by atoms with Crippen molar-refractivity contribution in [2.24, 2.45) is 0 Å². The highest BCUT2D eigenvalue weighted by molar-refractivity contribution is 8.00. The molecule has 0 aromatic heterocycles. The van der Waals surface area contributed by atoms with Gasteiger partial charge in [0.2, 0.25) is 5.91 Å². The van der Waals surface area contributed by atoms with Crippen molar-refractivity contribution in [3.63, 3.8) is 0 Å². The minimum atomic E-state index is 0.152. The second-order valence-corrected chi connectivity index (χ2v) is 7.37. The SMILES string of the molecule is O=C(CSc1ccccc1Cl)N1CCN(c2ccccc2Cl)CC1. The van der Waals surface area contributed by atoms with E-state index in [1.54, 1.807) is 0 Å². The number of carbonyl (C=O) groups excluding carboxylic acids is 1.